The third-order valence-corrected chi connectivity index (χ3v) is 2.34. The standard InChI is InChI=1S/C12H11NO2/c1-2-6-13-7-5-9-8-10(12(14)15)3-4-11(9)13/h2-5,7-8H,1,6H2,(H,14,15). The van der Waals surface area contributed by atoms with Crippen molar-refractivity contribution < 1.29 is 9.90 Å². The van der Waals surface area contributed by atoms with Crippen molar-refractivity contribution in [2.45, 2.75) is 6.54 Å². The summed E-state index contributed by atoms with van der Waals surface area (Å²) in [5.74, 6) is -0.895. The summed E-state index contributed by atoms with van der Waals surface area (Å²) < 4.78 is 2.02. The van der Waals surface area contributed by atoms with Gasteiger partial charge in [0, 0.05) is 23.6 Å². The van der Waals surface area contributed by atoms with Gasteiger partial charge in [-0.1, -0.05) is 6.08 Å². The normalized spacial score (nSPS) is 10.4. The molecule has 0 bridgehead atoms. The molecule has 0 spiro atoms. The van der Waals surface area contributed by atoms with Crippen molar-refractivity contribution in [1.82, 2.24) is 4.57 Å². The van der Waals surface area contributed by atoms with E-state index in [2.05, 4.69) is 6.58 Å². The first-order valence-electron chi connectivity index (χ1n) is 4.65. The predicted octanol–water partition coefficient (Wildman–Crippen LogP) is 2.53. The zero-order valence-corrected chi connectivity index (χ0v) is 8.18. The molecule has 0 aliphatic heterocycles. The number of aromatic nitrogens is 1. The Kier molecular flexibility index (Phi) is 2.29. The van der Waals surface area contributed by atoms with Gasteiger partial charge in [-0.3, -0.25) is 0 Å². The number of nitrogens with zero attached hydrogens (tertiary/aromatic N) is 1. The van der Waals surface area contributed by atoms with E-state index in [4.69, 9.17) is 5.11 Å². The third-order valence-electron chi connectivity index (χ3n) is 2.34. The van der Waals surface area contributed by atoms with Crippen LogP contribution in [0.4, 0.5) is 0 Å². The molecule has 1 aromatic heterocycles. The molecule has 1 N–H and O–H groups in total. The third kappa shape index (κ3) is 1.64. The Morgan fingerprint density at radius 3 is 2.93 bits per heavy atom. The zero-order chi connectivity index (χ0) is 10.8. The highest BCUT2D eigenvalue weighted by molar-refractivity contribution is 5.93. The monoisotopic (exact) mass is 201 g/mol. The van der Waals surface area contributed by atoms with E-state index in [-0.39, 0.29) is 0 Å². The van der Waals surface area contributed by atoms with Crippen LogP contribution in [-0.2, 0) is 6.54 Å². The molecule has 0 unspecified atom stereocenters. The van der Waals surface area contributed by atoms with E-state index in [0.29, 0.717) is 5.56 Å². The number of carboxylic acids is 1. The molecule has 0 amide bonds. The van der Waals surface area contributed by atoms with E-state index in [1.54, 1.807) is 12.1 Å². The first-order chi connectivity index (χ1) is 7.22. The fraction of sp³-hybridized carbons (Fsp3) is 0.0833. The number of carboxylic acid groups (broad SMARTS) is 1. The van der Waals surface area contributed by atoms with E-state index in [9.17, 15) is 4.79 Å². The number of benzene rings is 1. The maximum absolute atomic E-state index is 10.8. The maximum atomic E-state index is 10.8. The van der Waals surface area contributed by atoms with Gasteiger partial charge >= 0.3 is 5.97 Å². The summed E-state index contributed by atoms with van der Waals surface area (Å²) in [5, 5.41) is 9.77. The van der Waals surface area contributed by atoms with E-state index in [1.807, 2.05) is 29.0 Å². The van der Waals surface area contributed by atoms with Gasteiger partial charge in [-0.2, -0.15) is 0 Å². The molecule has 3 nitrogen and oxygen atoms in total. The lowest BCUT2D eigenvalue weighted by atomic mass is 10.1. The second-order valence-electron chi connectivity index (χ2n) is 3.34. The predicted molar refractivity (Wildman–Crippen MR) is 59.1 cm³/mol. The SMILES string of the molecule is C=CCn1ccc2cc(C(=O)O)ccc21. The Morgan fingerprint density at radius 1 is 1.47 bits per heavy atom. The van der Waals surface area contributed by atoms with Crippen LogP contribution in [0.25, 0.3) is 10.9 Å². The highest BCUT2D eigenvalue weighted by atomic mass is 16.4. The van der Waals surface area contributed by atoms with Gasteiger partial charge in [0.1, 0.15) is 0 Å². The van der Waals surface area contributed by atoms with Gasteiger partial charge in [-0.05, 0) is 24.3 Å². The van der Waals surface area contributed by atoms with Gasteiger partial charge in [0.05, 0.1) is 5.56 Å². The molecule has 3 heteroatoms. The van der Waals surface area contributed by atoms with Gasteiger partial charge in [0.2, 0.25) is 0 Å². The Labute approximate surface area is 87.3 Å². The van der Waals surface area contributed by atoms with Gasteiger partial charge in [0.25, 0.3) is 0 Å². The van der Waals surface area contributed by atoms with E-state index in [1.165, 1.54) is 0 Å². The van der Waals surface area contributed by atoms with Crippen LogP contribution >= 0.6 is 0 Å². The van der Waals surface area contributed by atoms with Crippen molar-refractivity contribution in [2.24, 2.45) is 0 Å². The first kappa shape index (κ1) is 9.52. The van der Waals surface area contributed by atoms with E-state index < -0.39 is 5.97 Å². The van der Waals surface area contributed by atoms with Gasteiger partial charge < -0.3 is 9.67 Å². The lowest BCUT2D eigenvalue weighted by molar-refractivity contribution is 0.0697. The van der Waals surface area contributed by atoms with Crippen molar-refractivity contribution in [1.29, 1.82) is 0 Å². The minimum atomic E-state index is -0.895. The van der Waals surface area contributed by atoms with Crippen LogP contribution in [0.5, 0.6) is 0 Å². The minimum absolute atomic E-state index is 0.318. The summed E-state index contributed by atoms with van der Waals surface area (Å²) in [4.78, 5) is 10.8. The van der Waals surface area contributed by atoms with E-state index in [0.717, 1.165) is 17.4 Å². The molecule has 0 atom stereocenters. The van der Waals surface area contributed by atoms with Gasteiger partial charge in [0.15, 0.2) is 0 Å². The summed E-state index contributed by atoms with van der Waals surface area (Å²) in [7, 11) is 0. The molecule has 0 radical (unpaired) electrons. The molecular weight excluding hydrogens is 190 g/mol. The Hall–Kier alpha value is -2.03. The Bertz CT molecular complexity index is 525. The summed E-state index contributed by atoms with van der Waals surface area (Å²) in [6.45, 7) is 4.41. The van der Waals surface area contributed by atoms with Crippen LogP contribution in [-0.4, -0.2) is 15.6 Å². The molecule has 0 aliphatic carbocycles. The fourth-order valence-corrected chi connectivity index (χ4v) is 1.63. The van der Waals surface area contributed by atoms with Crippen LogP contribution in [0.3, 0.4) is 0 Å². The van der Waals surface area contributed by atoms with Crippen LogP contribution in [0.15, 0.2) is 43.1 Å². The number of carbonyl (C=O) groups is 1. The number of aromatic carboxylic acids is 1. The smallest absolute Gasteiger partial charge is 0.335 e. The molecule has 0 fully saturated rings. The average Bonchev–Trinajstić information content (AvgIpc) is 2.61. The topological polar surface area (TPSA) is 42.2 Å². The zero-order valence-electron chi connectivity index (χ0n) is 8.18. The molecule has 1 heterocycles. The van der Waals surface area contributed by atoms with Gasteiger partial charge in [-0.15, -0.1) is 6.58 Å². The maximum Gasteiger partial charge on any atom is 0.335 e. The number of rotatable bonds is 3. The fourth-order valence-electron chi connectivity index (χ4n) is 1.63. The van der Waals surface area contributed by atoms with Crippen LogP contribution in [0.2, 0.25) is 0 Å². The van der Waals surface area contributed by atoms with Crippen molar-refractivity contribution >= 4 is 16.9 Å². The number of hydrogen-bond donors (Lipinski definition) is 1. The second kappa shape index (κ2) is 3.61. The lowest BCUT2D eigenvalue weighted by Gasteiger charge is -2.01. The van der Waals surface area contributed by atoms with Crippen molar-refractivity contribution in [2.75, 3.05) is 0 Å². The number of fused-ring (bicyclic) bond motifs is 1. The van der Waals surface area contributed by atoms with Crippen LogP contribution < -0.4 is 0 Å². The van der Waals surface area contributed by atoms with Crippen LogP contribution in [0, 0.1) is 0 Å². The highest BCUT2D eigenvalue weighted by Crippen LogP contribution is 2.17. The average molecular weight is 201 g/mol. The molecule has 0 aliphatic rings. The molecule has 0 saturated heterocycles. The Morgan fingerprint density at radius 2 is 2.27 bits per heavy atom. The molecule has 76 valence electrons. The summed E-state index contributed by atoms with van der Waals surface area (Å²) in [6.07, 6.45) is 3.74. The van der Waals surface area contributed by atoms with E-state index >= 15 is 0 Å². The van der Waals surface area contributed by atoms with Crippen molar-refractivity contribution in [3.8, 4) is 0 Å². The molecule has 0 saturated carbocycles. The minimum Gasteiger partial charge on any atom is -0.478 e. The van der Waals surface area contributed by atoms with Crippen molar-refractivity contribution in [3.05, 3.63) is 48.7 Å². The Balaban J connectivity index is 2.56. The molecular formula is C12H11NO2. The van der Waals surface area contributed by atoms with Crippen molar-refractivity contribution in [3.63, 3.8) is 0 Å². The van der Waals surface area contributed by atoms with Crippen LogP contribution in [0.1, 0.15) is 10.4 Å². The summed E-state index contributed by atoms with van der Waals surface area (Å²) in [6, 6.07) is 7.02. The second-order valence-corrected chi connectivity index (χ2v) is 3.34. The molecule has 2 rings (SSSR count). The number of hydrogen-bond acceptors (Lipinski definition) is 1. The highest BCUT2D eigenvalue weighted by Gasteiger charge is 2.05. The van der Waals surface area contributed by atoms with Gasteiger partial charge in [-0.25, -0.2) is 4.79 Å². The molecule has 15 heavy (non-hydrogen) atoms. The largest absolute Gasteiger partial charge is 0.478 e. The lowest BCUT2D eigenvalue weighted by Crippen LogP contribution is -1.96. The first-order valence-corrected chi connectivity index (χ1v) is 4.65. The molecule has 2 aromatic rings. The molecule has 1 aromatic carbocycles. The summed E-state index contributed by atoms with van der Waals surface area (Å²) >= 11 is 0. The quantitative estimate of drug-likeness (QED) is 0.775. The number of allylic oxidation sites excluding steroid dienone is 1. The summed E-state index contributed by atoms with van der Waals surface area (Å²) in [5.41, 5.74) is 1.35.